The highest BCUT2D eigenvalue weighted by Gasteiger charge is 2.35. The van der Waals surface area contributed by atoms with E-state index in [0.717, 1.165) is 24.3 Å². The van der Waals surface area contributed by atoms with Crippen molar-refractivity contribution < 1.29 is 5.11 Å². The number of aliphatic hydroxyl groups is 1. The molecule has 0 aromatic carbocycles. The number of likely N-dealkylation sites (N-methyl/N-ethyl adjacent to an activating group) is 1. The minimum absolute atomic E-state index is 0.0908. The first kappa shape index (κ1) is 14.3. The van der Waals surface area contributed by atoms with Gasteiger partial charge in [0.15, 0.2) is 0 Å². The fourth-order valence-corrected chi connectivity index (χ4v) is 3.96. The Kier molecular flexibility index (Phi) is 5.08. The van der Waals surface area contributed by atoms with E-state index >= 15 is 0 Å². The smallest absolute Gasteiger partial charge is 0.0695 e. The standard InChI is InChI=1S/C16H31NO/c1-12(2)13-9-10-16(18)15(11-13)17(3)14-7-5-4-6-8-14/h12-16,18H,4-11H2,1-3H3. The highest BCUT2D eigenvalue weighted by molar-refractivity contribution is 4.89. The molecule has 2 saturated carbocycles. The first-order valence-electron chi connectivity index (χ1n) is 7.99. The molecular weight excluding hydrogens is 222 g/mol. The van der Waals surface area contributed by atoms with E-state index in [-0.39, 0.29) is 6.10 Å². The Bertz CT molecular complexity index is 247. The van der Waals surface area contributed by atoms with E-state index in [1.807, 2.05) is 0 Å². The maximum atomic E-state index is 10.3. The normalized spacial score (nSPS) is 35.3. The number of nitrogens with zero attached hydrogens (tertiary/aromatic N) is 1. The van der Waals surface area contributed by atoms with Crippen LogP contribution in [0, 0.1) is 11.8 Å². The quantitative estimate of drug-likeness (QED) is 0.833. The largest absolute Gasteiger partial charge is 0.391 e. The molecule has 0 spiro atoms. The molecule has 0 aliphatic heterocycles. The van der Waals surface area contributed by atoms with Crippen LogP contribution in [-0.4, -0.2) is 35.2 Å². The second kappa shape index (κ2) is 6.38. The zero-order valence-corrected chi connectivity index (χ0v) is 12.4. The van der Waals surface area contributed by atoms with Crippen LogP contribution in [0.1, 0.15) is 65.2 Å². The molecule has 3 unspecified atom stereocenters. The third kappa shape index (κ3) is 3.27. The van der Waals surface area contributed by atoms with Crippen molar-refractivity contribution in [3.8, 4) is 0 Å². The first-order chi connectivity index (χ1) is 8.59. The lowest BCUT2D eigenvalue weighted by Crippen LogP contribution is -2.50. The Morgan fingerprint density at radius 2 is 1.67 bits per heavy atom. The van der Waals surface area contributed by atoms with E-state index in [9.17, 15) is 5.11 Å². The Morgan fingerprint density at radius 3 is 2.28 bits per heavy atom. The van der Waals surface area contributed by atoms with Gasteiger partial charge in [-0.05, 0) is 51.0 Å². The fourth-order valence-electron chi connectivity index (χ4n) is 3.96. The lowest BCUT2D eigenvalue weighted by atomic mass is 9.77. The summed E-state index contributed by atoms with van der Waals surface area (Å²) in [6, 6.07) is 1.14. The summed E-state index contributed by atoms with van der Waals surface area (Å²) in [6.07, 6.45) is 10.2. The van der Waals surface area contributed by atoms with E-state index in [1.165, 1.54) is 44.9 Å². The van der Waals surface area contributed by atoms with Gasteiger partial charge in [-0.3, -0.25) is 4.90 Å². The molecule has 0 heterocycles. The number of hydrogen-bond acceptors (Lipinski definition) is 2. The van der Waals surface area contributed by atoms with Gasteiger partial charge in [0.2, 0.25) is 0 Å². The third-order valence-electron chi connectivity index (χ3n) is 5.44. The molecule has 106 valence electrons. The molecule has 1 N–H and O–H groups in total. The van der Waals surface area contributed by atoms with Crippen LogP contribution in [0.5, 0.6) is 0 Å². The van der Waals surface area contributed by atoms with Gasteiger partial charge in [-0.25, -0.2) is 0 Å². The van der Waals surface area contributed by atoms with Crippen LogP contribution in [-0.2, 0) is 0 Å². The van der Waals surface area contributed by atoms with Crippen LogP contribution in [0.2, 0.25) is 0 Å². The van der Waals surface area contributed by atoms with E-state index < -0.39 is 0 Å². The summed E-state index contributed by atoms with van der Waals surface area (Å²) < 4.78 is 0. The average molecular weight is 253 g/mol. The van der Waals surface area contributed by atoms with E-state index in [4.69, 9.17) is 0 Å². The predicted molar refractivity (Wildman–Crippen MR) is 76.6 cm³/mol. The van der Waals surface area contributed by atoms with Crippen LogP contribution >= 0.6 is 0 Å². The molecule has 2 rings (SSSR count). The molecule has 2 nitrogen and oxygen atoms in total. The predicted octanol–water partition coefficient (Wildman–Crippen LogP) is 3.44. The molecule has 2 aliphatic carbocycles. The summed E-state index contributed by atoms with van der Waals surface area (Å²) in [5.74, 6) is 1.57. The Morgan fingerprint density at radius 1 is 1.00 bits per heavy atom. The number of aliphatic hydroxyl groups excluding tert-OH is 1. The molecule has 18 heavy (non-hydrogen) atoms. The molecule has 3 atom stereocenters. The Labute approximate surface area is 113 Å². The maximum Gasteiger partial charge on any atom is 0.0695 e. The maximum absolute atomic E-state index is 10.3. The zero-order chi connectivity index (χ0) is 13.1. The van der Waals surface area contributed by atoms with Gasteiger partial charge < -0.3 is 5.11 Å². The van der Waals surface area contributed by atoms with E-state index in [1.54, 1.807) is 0 Å². The van der Waals surface area contributed by atoms with Crippen LogP contribution < -0.4 is 0 Å². The van der Waals surface area contributed by atoms with Gasteiger partial charge in [0.05, 0.1) is 6.10 Å². The lowest BCUT2D eigenvalue weighted by Gasteiger charge is -2.44. The Hall–Kier alpha value is -0.0800. The van der Waals surface area contributed by atoms with Crippen molar-refractivity contribution in [3.05, 3.63) is 0 Å². The molecule has 0 aromatic rings. The minimum atomic E-state index is -0.0908. The zero-order valence-electron chi connectivity index (χ0n) is 12.4. The van der Waals surface area contributed by atoms with E-state index in [2.05, 4.69) is 25.8 Å². The number of hydrogen-bond donors (Lipinski definition) is 1. The van der Waals surface area contributed by atoms with Gasteiger partial charge in [-0.2, -0.15) is 0 Å². The van der Waals surface area contributed by atoms with Crippen LogP contribution in [0.25, 0.3) is 0 Å². The summed E-state index contributed by atoms with van der Waals surface area (Å²) in [6.45, 7) is 4.67. The average Bonchev–Trinajstić information content (AvgIpc) is 2.39. The molecule has 2 heteroatoms. The topological polar surface area (TPSA) is 23.5 Å². The highest BCUT2D eigenvalue weighted by Crippen LogP contribution is 2.34. The van der Waals surface area contributed by atoms with Crippen molar-refractivity contribution in [1.82, 2.24) is 4.90 Å². The molecule has 0 aromatic heterocycles. The lowest BCUT2D eigenvalue weighted by molar-refractivity contribution is -0.0166. The first-order valence-corrected chi connectivity index (χ1v) is 7.99. The van der Waals surface area contributed by atoms with Crippen LogP contribution in [0.15, 0.2) is 0 Å². The molecule has 0 radical (unpaired) electrons. The fraction of sp³-hybridized carbons (Fsp3) is 1.00. The van der Waals surface area contributed by atoms with E-state index in [0.29, 0.717) is 6.04 Å². The molecule has 2 aliphatic rings. The molecule has 0 saturated heterocycles. The summed E-state index contributed by atoms with van der Waals surface area (Å²) >= 11 is 0. The van der Waals surface area contributed by atoms with Crippen molar-refractivity contribution in [1.29, 1.82) is 0 Å². The van der Waals surface area contributed by atoms with Crippen molar-refractivity contribution >= 4 is 0 Å². The summed E-state index contributed by atoms with van der Waals surface area (Å²) in [5.41, 5.74) is 0. The van der Waals surface area contributed by atoms with Gasteiger partial charge in [0.1, 0.15) is 0 Å². The van der Waals surface area contributed by atoms with Gasteiger partial charge in [0, 0.05) is 12.1 Å². The van der Waals surface area contributed by atoms with Crippen molar-refractivity contribution in [2.75, 3.05) is 7.05 Å². The monoisotopic (exact) mass is 253 g/mol. The minimum Gasteiger partial charge on any atom is -0.391 e. The van der Waals surface area contributed by atoms with Gasteiger partial charge in [0.25, 0.3) is 0 Å². The van der Waals surface area contributed by atoms with Crippen LogP contribution in [0.3, 0.4) is 0 Å². The number of rotatable bonds is 3. The Balaban J connectivity index is 1.95. The second-order valence-corrected chi connectivity index (χ2v) is 6.91. The van der Waals surface area contributed by atoms with Gasteiger partial charge in [-0.15, -0.1) is 0 Å². The van der Waals surface area contributed by atoms with Crippen molar-refractivity contribution in [2.45, 2.75) is 83.4 Å². The molecule has 2 fully saturated rings. The summed E-state index contributed by atoms with van der Waals surface area (Å²) in [4.78, 5) is 2.53. The van der Waals surface area contributed by atoms with Gasteiger partial charge in [-0.1, -0.05) is 33.1 Å². The summed E-state index contributed by atoms with van der Waals surface area (Å²) in [7, 11) is 2.26. The third-order valence-corrected chi connectivity index (χ3v) is 5.44. The SMILES string of the molecule is CC(C)C1CCC(O)C(N(C)C2CCCCC2)C1. The highest BCUT2D eigenvalue weighted by atomic mass is 16.3. The van der Waals surface area contributed by atoms with Gasteiger partial charge >= 0.3 is 0 Å². The van der Waals surface area contributed by atoms with Crippen molar-refractivity contribution in [3.63, 3.8) is 0 Å². The molecule has 0 bridgehead atoms. The molecular formula is C16H31NO. The molecule has 0 amide bonds. The second-order valence-electron chi connectivity index (χ2n) is 6.91. The van der Waals surface area contributed by atoms with Crippen LogP contribution in [0.4, 0.5) is 0 Å². The summed E-state index contributed by atoms with van der Waals surface area (Å²) in [5, 5.41) is 10.3. The van der Waals surface area contributed by atoms with Crippen molar-refractivity contribution in [2.24, 2.45) is 11.8 Å².